The topological polar surface area (TPSA) is 11.4 Å². The van der Waals surface area contributed by atoms with Gasteiger partial charge < -0.3 is 14.4 Å². The molecule has 15 rings (SSSR count). The zero-order valence-corrected chi connectivity index (χ0v) is 52.2. The average molecular weight is 1180 g/mol. The van der Waals surface area contributed by atoms with Crippen LogP contribution >= 0.6 is 0 Å². The first-order valence-corrected chi connectivity index (χ1v) is 31.5. The molecule has 0 fully saturated rings. The van der Waals surface area contributed by atoms with Crippen LogP contribution < -0.4 is 9.80 Å². The number of fused-ring (bicyclic) bond motifs is 3. The summed E-state index contributed by atoms with van der Waals surface area (Å²) in [5, 5.41) is 0.951. The number of rotatable bonds is 14. The van der Waals surface area contributed by atoms with Crippen molar-refractivity contribution in [2.45, 2.75) is 34.6 Å². The van der Waals surface area contributed by atoms with E-state index in [0.717, 1.165) is 107 Å². The highest BCUT2D eigenvalue weighted by Gasteiger charge is 2.19. The molecule has 0 unspecified atom stereocenters. The number of hydrogen-bond acceptors (Lipinski definition) is 2. The number of aryl methyl sites for hydroxylation is 5. The lowest BCUT2D eigenvalue weighted by molar-refractivity contribution is 1.18. The Morgan fingerprint density at radius 1 is 0.250 bits per heavy atom. The summed E-state index contributed by atoms with van der Waals surface area (Å²) in [6, 6.07) is 107. The second kappa shape index (κ2) is 24.5. The molecule has 14 aromatic carbocycles. The van der Waals surface area contributed by atoms with E-state index < -0.39 is 0 Å². The number of hydrogen-bond donors (Lipinski definition) is 0. The number of aromatic nitrogens is 1. The summed E-state index contributed by atoms with van der Waals surface area (Å²) in [4.78, 5) is 4.55. The quantitative estimate of drug-likeness (QED) is 0.108. The molecule has 1 heterocycles. The first-order chi connectivity index (χ1) is 46.8. The lowest BCUT2D eigenvalue weighted by Crippen LogP contribution is -2.09. The zero-order chi connectivity index (χ0) is 65.7. The molecule has 3 nitrogen and oxygen atoms in total. The minimum atomic E-state index is 0.205. The van der Waals surface area contributed by atoms with Crippen molar-refractivity contribution in [2.75, 3.05) is 9.80 Å². The summed E-state index contributed by atoms with van der Waals surface area (Å²) in [5.74, 6) is 0. The van der Waals surface area contributed by atoms with Crippen LogP contribution in [0.25, 0.3) is 105 Å². The largest absolute Gasteiger partial charge is 0.311 e. The highest BCUT2D eigenvalue weighted by atomic mass is 15.1. The molecule has 0 radical (unpaired) electrons. The van der Waals surface area contributed by atoms with Crippen molar-refractivity contribution in [1.29, 1.82) is 0 Å². The maximum atomic E-state index is 10.3. The van der Waals surface area contributed by atoms with E-state index >= 15 is 0 Å². The first-order valence-electron chi connectivity index (χ1n) is 33.5. The lowest BCUT2D eigenvalue weighted by atomic mass is 9.93. The molecule has 0 amide bonds. The van der Waals surface area contributed by atoms with Crippen LogP contribution in [0.3, 0.4) is 0 Å². The Balaban J connectivity index is 0.783. The van der Waals surface area contributed by atoms with Crippen LogP contribution in [-0.4, -0.2) is 4.57 Å². The van der Waals surface area contributed by atoms with Gasteiger partial charge in [-0.25, -0.2) is 0 Å². The molecule has 0 spiro atoms. The molecule has 0 aliphatic carbocycles. The van der Waals surface area contributed by atoms with E-state index in [4.69, 9.17) is 0 Å². The third-order valence-corrected chi connectivity index (χ3v) is 17.9. The summed E-state index contributed by atoms with van der Waals surface area (Å²) < 4.78 is 42.6. The van der Waals surface area contributed by atoms with Crippen LogP contribution in [0, 0.1) is 34.6 Å². The first kappa shape index (κ1) is 52.4. The second-order valence-corrected chi connectivity index (χ2v) is 24.2. The second-order valence-electron chi connectivity index (χ2n) is 24.2. The van der Waals surface area contributed by atoms with Crippen molar-refractivity contribution in [2.24, 2.45) is 0 Å². The Morgan fingerprint density at radius 2 is 0.511 bits per heavy atom. The van der Waals surface area contributed by atoms with Gasteiger partial charge in [-0.3, -0.25) is 0 Å². The molecule has 0 N–H and O–H groups in total. The van der Waals surface area contributed by atoms with E-state index in [9.17, 15) is 5.48 Å². The number of benzene rings is 14. The standard InChI is InChI=1S/C89H69N3/c1-60-16-22-65(23-17-60)68-28-42-79(43-29-68)90(77-12-8-6-9-13-77)81-46-34-71(35-47-81)73-38-52-84(63(4)56-73)75-40-54-88-86(58-75)87-59-76(41-55-89(87)92(88)83-50-32-70(33-51-83)67-26-20-62(3)21-27-67)85-53-39-74(57-64(85)5)72-36-48-82(49-37-72)91(78-14-10-7-11-15-78)80-44-30-69(31-45-80)66-24-18-61(2)19-25-66/h6-59H,1-5H3/i54D,55D,58D,59D. The minimum absolute atomic E-state index is 0.205. The molecule has 0 saturated heterocycles. The molecule has 1 aromatic heterocycles. The highest BCUT2D eigenvalue weighted by molar-refractivity contribution is 6.12. The van der Waals surface area contributed by atoms with Crippen molar-refractivity contribution >= 4 is 55.9 Å². The number of para-hydroxylation sites is 2. The molecule has 0 atom stereocenters. The number of nitrogens with zero attached hydrogens (tertiary/aromatic N) is 3. The van der Waals surface area contributed by atoms with Gasteiger partial charge in [0.25, 0.3) is 0 Å². The summed E-state index contributed by atoms with van der Waals surface area (Å²) in [6.45, 7) is 10.4. The van der Waals surface area contributed by atoms with Crippen molar-refractivity contribution in [3.05, 3.63) is 355 Å². The van der Waals surface area contributed by atoms with Gasteiger partial charge in [0.05, 0.1) is 16.5 Å². The van der Waals surface area contributed by atoms with Gasteiger partial charge in [0.15, 0.2) is 0 Å². The van der Waals surface area contributed by atoms with Gasteiger partial charge in [0, 0.05) is 50.6 Å². The maximum absolute atomic E-state index is 10.3. The van der Waals surface area contributed by atoms with Crippen molar-refractivity contribution in [1.82, 2.24) is 4.57 Å². The molecular weight excluding hydrogens is 1110 g/mol. The van der Waals surface area contributed by atoms with Gasteiger partial charge >= 0.3 is 0 Å². The average Bonchev–Trinajstić information content (AvgIpc) is 1.55. The number of anilines is 6. The Hall–Kier alpha value is -11.5. The summed E-state index contributed by atoms with van der Waals surface area (Å²) >= 11 is 0. The smallest absolute Gasteiger partial charge is 0.0645 e. The monoisotopic (exact) mass is 1180 g/mol. The fourth-order valence-corrected chi connectivity index (χ4v) is 12.9. The molecule has 0 bridgehead atoms. The van der Waals surface area contributed by atoms with Crippen molar-refractivity contribution in [3.63, 3.8) is 0 Å². The Labute approximate surface area is 546 Å². The van der Waals surface area contributed by atoms with E-state index in [-0.39, 0.29) is 24.2 Å². The molecule has 3 heteroatoms. The van der Waals surface area contributed by atoms with Crippen LogP contribution in [0.2, 0.25) is 0 Å². The van der Waals surface area contributed by atoms with Crippen LogP contribution in [0.5, 0.6) is 0 Å². The molecule has 0 saturated carbocycles. The Bertz CT molecular complexity index is 5060. The molecule has 0 aliphatic rings. The van der Waals surface area contributed by atoms with E-state index in [0.29, 0.717) is 32.9 Å². The van der Waals surface area contributed by atoms with E-state index in [1.54, 1.807) is 12.1 Å². The summed E-state index contributed by atoms with van der Waals surface area (Å²) in [5.41, 5.74) is 27.4. The fourth-order valence-electron chi connectivity index (χ4n) is 12.9. The molecule has 15 aromatic rings. The molecule has 92 heavy (non-hydrogen) atoms. The molecule has 440 valence electrons. The van der Waals surface area contributed by atoms with Crippen molar-refractivity contribution < 1.29 is 5.48 Å². The third-order valence-electron chi connectivity index (χ3n) is 17.9. The van der Waals surface area contributed by atoms with E-state index in [1.165, 1.54) is 27.8 Å². The van der Waals surface area contributed by atoms with Crippen LogP contribution in [0.4, 0.5) is 34.1 Å². The van der Waals surface area contributed by atoms with Gasteiger partial charge in [0.1, 0.15) is 0 Å². The van der Waals surface area contributed by atoms with Crippen LogP contribution in [0.1, 0.15) is 33.3 Å². The lowest BCUT2D eigenvalue weighted by Gasteiger charge is -2.26. The third kappa shape index (κ3) is 11.3. The van der Waals surface area contributed by atoms with E-state index in [2.05, 4.69) is 311 Å². The van der Waals surface area contributed by atoms with Crippen LogP contribution in [0.15, 0.2) is 327 Å². The van der Waals surface area contributed by atoms with Gasteiger partial charge in [-0.2, -0.15) is 0 Å². The minimum Gasteiger partial charge on any atom is -0.311 e. The van der Waals surface area contributed by atoms with Gasteiger partial charge in [-0.15, -0.1) is 0 Å². The molecular formula is C89H69N3. The zero-order valence-electron chi connectivity index (χ0n) is 56.2. The van der Waals surface area contributed by atoms with E-state index in [1.807, 2.05) is 28.8 Å². The fraction of sp³-hybridized carbons (Fsp3) is 0.0562. The van der Waals surface area contributed by atoms with Gasteiger partial charge in [-0.1, -0.05) is 235 Å². The predicted molar refractivity (Wildman–Crippen MR) is 392 cm³/mol. The molecule has 0 aliphatic heterocycles. The Morgan fingerprint density at radius 3 is 0.815 bits per heavy atom. The van der Waals surface area contributed by atoms with Gasteiger partial charge in [0.2, 0.25) is 0 Å². The predicted octanol–water partition coefficient (Wildman–Crippen LogP) is 24.9. The summed E-state index contributed by atoms with van der Waals surface area (Å²) in [6.07, 6.45) is 0. The SMILES string of the molecule is [2H]c1c(-c2ccc(-c3ccc(N(c4ccccc4)c4ccc(-c5ccc(C)cc5)cc4)cc3)cc2C)cc([2H])c2c1c1c([2H])c(-c3ccc(-c4ccc(N(c5ccccc5)c5ccc(-c6ccc(C)cc6)cc5)cc4)cc3C)cc([2H])c1n2-c1ccc(-c2ccc(C)cc2)cc1. The van der Waals surface area contributed by atoms with Gasteiger partial charge in [-0.05, 0) is 233 Å². The normalized spacial score (nSPS) is 11.9. The summed E-state index contributed by atoms with van der Waals surface area (Å²) in [7, 11) is 0. The highest BCUT2D eigenvalue weighted by Crippen LogP contribution is 2.43. The van der Waals surface area contributed by atoms with Crippen molar-refractivity contribution in [3.8, 4) is 83.6 Å². The Kier molecular flexibility index (Phi) is 13.9. The van der Waals surface area contributed by atoms with Crippen LogP contribution in [-0.2, 0) is 0 Å². The maximum Gasteiger partial charge on any atom is 0.0645 e.